The van der Waals surface area contributed by atoms with E-state index in [0.717, 1.165) is 58.8 Å². The Labute approximate surface area is 158 Å². The number of nitrogens with zero attached hydrogens (tertiary/aromatic N) is 2. The third kappa shape index (κ3) is 3.34. The molecule has 1 aromatic carbocycles. The Morgan fingerprint density at radius 1 is 1.27 bits per heavy atom. The first kappa shape index (κ1) is 17.5. The highest BCUT2D eigenvalue weighted by Crippen LogP contribution is 2.37. The molecule has 1 aromatic heterocycles. The largest absolute Gasteiger partial charge is 0.454 e. The molecule has 2 aliphatic heterocycles. The number of rotatable bonds is 4. The van der Waals surface area contributed by atoms with E-state index in [1.807, 2.05) is 19.1 Å². The number of likely N-dealkylation sites (tertiary alicyclic amines) is 1. The molecule has 0 saturated carbocycles. The van der Waals surface area contributed by atoms with E-state index >= 15 is 0 Å². The summed E-state index contributed by atoms with van der Waals surface area (Å²) < 4.78 is 10.9. The van der Waals surface area contributed by atoms with E-state index in [1.54, 1.807) is 0 Å². The molecule has 0 N–H and O–H groups in total. The van der Waals surface area contributed by atoms with Crippen LogP contribution in [0.3, 0.4) is 0 Å². The first-order valence-corrected chi connectivity index (χ1v) is 10.3. The smallest absolute Gasteiger partial charge is 0.233 e. The molecule has 2 aromatic rings. The first-order valence-electron chi connectivity index (χ1n) is 9.29. The van der Waals surface area contributed by atoms with Crippen LogP contribution in [0.4, 0.5) is 0 Å². The van der Waals surface area contributed by atoms with Crippen molar-refractivity contribution in [2.24, 2.45) is 0 Å². The van der Waals surface area contributed by atoms with Crippen LogP contribution in [-0.2, 0) is 4.79 Å². The van der Waals surface area contributed by atoms with Crippen LogP contribution in [0.1, 0.15) is 38.2 Å². The first-order chi connectivity index (χ1) is 12.7. The minimum Gasteiger partial charge on any atom is -0.454 e. The van der Waals surface area contributed by atoms with Crippen LogP contribution in [0.25, 0.3) is 10.9 Å². The number of amides is 1. The number of carbonyl (C=O) groups excluding carboxylic acids is 1. The number of thioether (sulfide) groups is 1. The maximum Gasteiger partial charge on any atom is 0.233 e. The van der Waals surface area contributed by atoms with Gasteiger partial charge in [0.05, 0.1) is 11.3 Å². The van der Waals surface area contributed by atoms with E-state index in [-0.39, 0.29) is 12.7 Å². The molecule has 26 heavy (non-hydrogen) atoms. The van der Waals surface area contributed by atoms with E-state index in [2.05, 4.69) is 17.9 Å². The Hall–Kier alpha value is -1.95. The van der Waals surface area contributed by atoms with Crippen LogP contribution in [0, 0.1) is 6.92 Å². The highest BCUT2D eigenvalue weighted by atomic mass is 32.2. The minimum absolute atomic E-state index is 0.230. The number of carbonyl (C=O) groups is 1. The maximum absolute atomic E-state index is 12.7. The van der Waals surface area contributed by atoms with Crippen molar-refractivity contribution in [3.8, 4) is 11.5 Å². The summed E-state index contributed by atoms with van der Waals surface area (Å²) >= 11 is 1.54. The molecule has 0 spiro atoms. The molecule has 2 aliphatic rings. The van der Waals surface area contributed by atoms with Crippen molar-refractivity contribution in [1.82, 2.24) is 9.88 Å². The van der Waals surface area contributed by atoms with Gasteiger partial charge in [-0.2, -0.15) is 0 Å². The van der Waals surface area contributed by atoms with Crippen LogP contribution in [0.2, 0.25) is 0 Å². The van der Waals surface area contributed by atoms with Crippen molar-refractivity contribution in [3.63, 3.8) is 0 Å². The third-order valence-corrected chi connectivity index (χ3v) is 6.28. The quantitative estimate of drug-likeness (QED) is 0.755. The Kier molecular flexibility index (Phi) is 4.94. The zero-order valence-corrected chi connectivity index (χ0v) is 16.1. The summed E-state index contributed by atoms with van der Waals surface area (Å²) in [7, 11) is 0. The molecular formula is C20H24N2O3S. The van der Waals surface area contributed by atoms with Gasteiger partial charge in [-0.1, -0.05) is 18.7 Å². The minimum atomic E-state index is 0.230. The molecule has 0 unspecified atom stereocenters. The lowest BCUT2D eigenvalue weighted by molar-refractivity contribution is -0.132. The Morgan fingerprint density at radius 3 is 2.88 bits per heavy atom. The highest BCUT2D eigenvalue weighted by Gasteiger charge is 2.25. The normalized spacial score (nSPS) is 19.2. The molecular weight excluding hydrogens is 348 g/mol. The van der Waals surface area contributed by atoms with Gasteiger partial charge in [-0.15, -0.1) is 0 Å². The van der Waals surface area contributed by atoms with Crippen molar-refractivity contribution in [2.75, 3.05) is 19.1 Å². The highest BCUT2D eigenvalue weighted by molar-refractivity contribution is 7.99. The second kappa shape index (κ2) is 7.35. The van der Waals surface area contributed by atoms with Crippen LogP contribution in [0.5, 0.6) is 11.5 Å². The summed E-state index contributed by atoms with van der Waals surface area (Å²) in [5.41, 5.74) is 1.96. The van der Waals surface area contributed by atoms with Crippen molar-refractivity contribution >= 4 is 28.6 Å². The van der Waals surface area contributed by atoms with Crippen molar-refractivity contribution in [3.05, 3.63) is 23.8 Å². The number of fused-ring (bicyclic) bond motifs is 2. The molecule has 6 heteroatoms. The van der Waals surface area contributed by atoms with Gasteiger partial charge in [0.1, 0.15) is 5.03 Å². The number of aromatic nitrogens is 1. The number of piperidine rings is 1. The number of hydrogen-bond acceptors (Lipinski definition) is 5. The molecule has 0 bridgehead atoms. The van der Waals surface area contributed by atoms with E-state index in [4.69, 9.17) is 14.5 Å². The molecule has 1 saturated heterocycles. The fourth-order valence-electron chi connectivity index (χ4n) is 3.76. The number of hydrogen-bond donors (Lipinski definition) is 0. The summed E-state index contributed by atoms with van der Waals surface area (Å²) in [5.74, 6) is 2.18. The number of aryl methyl sites for hydroxylation is 1. The topological polar surface area (TPSA) is 51.7 Å². The van der Waals surface area contributed by atoms with E-state index in [9.17, 15) is 4.79 Å². The van der Waals surface area contributed by atoms with Crippen LogP contribution >= 0.6 is 11.8 Å². The van der Waals surface area contributed by atoms with Crippen molar-refractivity contribution in [1.29, 1.82) is 0 Å². The predicted molar refractivity (Wildman–Crippen MR) is 103 cm³/mol. The van der Waals surface area contributed by atoms with Gasteiger partial charge in [0.25, 0.3) is 0 Å². The molecule has 1 amide bonds. The summed E-state index contributed by atoms with van der Waals surface area (Å²) in [6.45, 7) is 5.36. The summed E-state index contributed by atoms with van der Waals surface area (Å²) in [6, 6.07) is 6.40. The van der Waals surface area contributed by atoms with E-state index in [1.165, 1.54) is 18.2 Å². The second-order valence-electron chi connectivity index (χ2n) is 6.94. The SMILES string of the molecule is CC[C@H]1CCCCN1C(=O)CSc1nc2cc3c(cc2cc1C)OCO3. The van der Waals surface area contributed by atoms with Gasteiger partial charge in [-0.3, -0.25) is 4.79 Å². The van der Waals surface area contributed by atoms with E-state index in [0.29, 0.717) is 11.8 Å². The van der Waals surface area contributed by atoms with Crippen LogP contribution in [-0.4, -0.2) is 40.9 Å². The van der Waals surface area contributed by atoms with E-state index < -0.39 is 0 Å². The Bertz CT molecular complexity index is 839. The van der Waals surface area contributed by atoms with Gasteiger partial charge >= 0.3 is 0 Å². The zero-order valence-electron chi connectivity index (χ0n) is 15.3. The van der Waals surface area contributed by atoms with Crippen molar-refractivity contribution in [2.45, 2.75) is 50.6 Å². The second-order valence-corrected chi connectivity index (χ2v) is 7.91. The average molecular weight is 372 g/mol. The van der Waals surface area contributed by atoms with Crippen molar-refractivity contribution < 1.29 is 14.3 Å². The molecule has 0 aliphatic carbocycles. The summed E-state index contributed by atoms with van der Waals surface area (Å²) in [6.07, 6.45) is 4.52. The summed E-state index contributed by atoms with van der Waals surface area (Å²) in [5, 5.41) is 1.94. The Morgan fingerprint density at radius 2 is 2.08 bits per heavy atom. The monoisotopic (exact) mass is 372 g/mol. The fraction of sp³-hybridized carbons (Fsp3) is 0.500. The number of pyridine rings is 1. The molecule has 3 heterocycles. The maximum atomic E-state index is 12.7. The van der Waals surface area contributed by atoms with Gasteiger partial charge in [-0.05, 0) is 50.3 Å². The van der Waals surface area contributed by atoms with Crippen LogP contribution < -0.4 is 9.47 Å². The van der Waals surface area contributed by atoms with Gasteiger partial charge < -0.3 is 14.4 Å². The lowest BCUT2D eigenvalue weighted by Gasteiger charge is -2.35. The molecule has 138 valence electrons. The standard InChI is InChI=1S/C20H24N2O3S/c1-3-15-6-4-5-7-22(15)19(23)11-26-20-13(2)8-14-9-17-18(25-12-24-17)10-16(14)21-20/h8-10,15H,3-7,11-12H2,1-2H3/t15-/m0/s1. The Balaban J connectivity index is 1.50. The zero-order chi connectivity index (χ0) is 18.1. The average Bonchev–Trinajstić information content (AvgIpc) is 3.11. The van der Waals surface area contributed by atoms with Gasteiger partial charge in [-0.25, -0.2) is 4.98 Å². The van der Waals surface area contributed by atoms with Gasteiger partial charge in [0, 0.05) is 24.0 Å². The molecule has 0 radical (unpaired) electrons. The summed E-state index contributed by atoms with van der Waals surface area (Å²) in [4.78, 5) is 19.5. The predicted octanol–water partition coefficient (Wildman–Crippen LogP) is 4.16. The van der Waals surface area contributed by atoms with Gasteiger partial charge in [0.2, 0.25) is 12.7 Å². The van der Waals surface area contributed by atoms with Gasteiger partial charge in [0.15, 0.2) is 11.5 Å². The lowest BCUT2D eigenvalue weighted by atomic mass is 10.0. The number of benzene rings is 1. The fourth-order valence-corrected chi connectivity index (χ4v) is 4.64. The molecule has 5 nitrogen and oxygen atoms in total. The third-order valence-electron chi connectivity index (χ3n) is 5.20. The number of ether oxygens (including phenoxy) is 2. The molecule has 4 rings (SSSR count). The molecule has 1 fully saturated rings. The van der Waals surface area contributed by atoms with Crippen LogP contribution in [0.15, 0.2) is 23.2 Å². The lowest BCUT2D eigenvalue weighted by Crippen LogP contribution is -2.44. The molecule has 1 atom stereocenters.